The average Bonchev–Trinajstić information content (AvgIpc) is 2.83. The smallest absolute Gasteiger partial charge is 0.0864 e. The van der Waals surface area contributed by atoms with E-state index in [2.05, 4.69) is 41.7 Å². The number of hydrogen-bond acceptors (Lipinski definition) is 1. The van der Waals surface area contributed by atoms with Crippen LogP contribution in [0, 0.1) is 0 Å². The highest BCUT2D eigenvalue weighted by Crippen LogP contribution is 2.29. The molecule has 2 radical (unpaired) electrons. The zero-order valence-corrected chi connectivity index (χ0v) is 10.6. The Morgan fingerprint density at radius 3 is 2.65 bits per heavy atom. The first-order valence-corrected chi connectivity index (χ1v) is 7.31. The summed E-state index contributed by atoms with van der Waals surface area (Å²) in [5.41, 5.74) is 7.45. The van der Waals surface area contributed by atoms with Crippen molar-refractivity contribution in [3.63, 3.8) is 0 Å². The summed E-state index contributed by atoms with van der Waals surface area (Å²) in [7, 11) is 0.936. The minimum atomic E-state index is 0.936. The first-order chi connectivity index (χ1) is 8.42. The van der Waals surface area contributed by atoms with Crippen molar-refractivity contribution >= 4 is 14.7 Å². The van der Waals surface area contributed by atoms with Crippen molar-refractivity contribution in [2.45, 2.75) is 19.1 Å². The van der Waals surface area contributed by atoms with Crippen LogP contribution in [0.2, 0.25) is 0 Å². The second-order valence-electron chi connectivity index (χ2n) is 4.78. The largest absolute Gasteiger partial charge is 0.309 e. The van der Waals surface area contributed by atoms with Crippen LogP contribution in [0.1, 0.15) is 16.7 Å². The molecule has 0 saturated heterocycles. The second kappa shape index (κ2) is 3.55. The molecular weight excluding hydrogens is 222 g/mol. The molecule has 2 heteroatoms. The minimum absolute atomic E-state index is 0.936. The van der Waals surface area contributed by atoms with E-state index in [0.717, 1.165) is 22.6 Å². The highest BCUT2D eigenvalue weighted by Gasteiger charge is 2.20. The van der Waals surface area contributed by atoms with Crippen LogP contribution in [0.5, 0.6) is 0 Å². The number of fused-ring (bicyclic) bond motifs is 4. The summed E-state index contributed by atoms with van der Waals surface area (Å²) in [4.78, 5) is 0. The number of hydrogen-bond donors (Lipinski definition) is 1. The molecule has 4 rings (SSSR count). The first kappa shape index (κ1) is 9.63. The quantitative estimate of drug-likeness (QED) is 0.687. The normalized spacial score (nSPS) is 16.2. The summed E-state index contributed by atoms with van der Waals surface area (Å²) in [6.07, 6.45) is 0. The molecule has 0 spiro atoms. The van der Waals surface area contributed by atoms with Gasteiger partial charge in [0.05, 0.1) is 9.52 Å². The zero-order chi connectivity index (χ0) is 11.2. The lowest BCUT2D eigenvalue weighted by atomic mass is 9.96. The van der Waals surface area contributed by atoms with Crippen LogP contribution in [-0.4, -0.2) is 9.52 Å². The number of rotatable bonds is 0. The molecule has 2 aliphatic heterocycles. The summed E-state index contributed by atoms with van der Waals surface area (Å²) in [6, 6.07) is 14.9. The Hall–Kier alpha value is -1.38. The van der Waals surface area contributed by atoms with Crippen molar-refractivity contribution < 1.29 is 0 Å². The van der Waals surface area contributed by atoms with Gasteiger partial charge in [-0.1, -0.05) is 35.5 Å². The maximum Gasteiger partial charge on any atom is 0.0864 e. The summed E-state index contributed by atoms with van der Waals surface area (Å²) in [5.74, 6) is 0. The Morgan fingerprint density at radius 2 is 1.71 bits per heavy atom. The van der Waals surface area contributed by atoms with E-state index in [9.17, 15) is 0 Å². The van der Waals surface area contributed by atoms with E-state index in [0.29, 0.717) is 0 Å². The molecule has 0 fully saturated rings. The summed E-state index contributed by atoms with van der Waals surface area (Å²) < 4.78 is 0. The lowest BCUT2D eigenvalue weighted by Crippen LogP contribution is -2.25. The van der Waals surface area contributed by atoms with Crippen LogP contribution >= 0.6 is 0 Å². The molecule has 1 nitrogen and oxygen atoms in total. The first-order valence-electron chi connectivity index (χ1n) is 6.10. The zero-order valence-electron chi connectivity index (χ0n) is 9.59. The van der Waals surface area contributed by atoms with Gasteiger partial charge in [-0.15, -0.1) is 0 Å². The molecule has 0 atom stereocenters. The van der Waals surface area contributed by atoms with Gasteiger partial charge in [0.15, 0.2) is 0 Å². The molecule has 0 unspecified atom stereocenters. The average molecular weight is 235 g/mol. The minimum Gasteiger partial charge on any atom is -0.309 e. The molecule has 0 aliphatic carbocycles. The van der Waals surface area contributed by atoms with E-state index in [1.54, 1.807) is 5.19 Å². The van der Waals surface area contributed by atoms with Crippen LogP contribution in [-0.2, 0) is 19.1 Å². The maximum absolute atomic E-state index is 3.44. The van der Waals surface area contributed by atoms with Crippen LogP contribution in [0.4, 0.5) is 0 Å². The predicted octanol–water partition coefficient (Wildman–Crippen LogP) is 1.80. The summed E-state index contributed by atoms with van der Waals surface area (Å²) in [6.45, 7) is 2.09. The molecule has 2 aromatic carbocycles. The Labute approximate surface area is 104 Å². The van der Waals surface area contributed by atoms with Crippen LogP contribution < -0.4 is 10.5 Å². The molecule has 0 saturated carbocycles. The van der Waals surface area contributed by atoms with Crippen molar-refractivity contribution in [1.29, 1.82) is 0 Å². The second-order valence-corrected chi connectivity index (χ2v) is 6.03. The van der Waals surface area contributed by atoms with E-state index < -0.39 is 0 Å². The number of benzene rings is 2. The third-order valence-corrected chi connectivity index (χ3v) is 5.10. The molecule has 0 bridgehead atoms. The molecular formula is C15H13NSi. The standard InChI is InChI=1S/C15H13NSi/c1-2-4-13-10(3-1)9-17-15-6-12-8-16-7-11(12)5-14(13)15/h1-6,16H,7-9H2. The molecule has 82 valence electrons. The molecule has 2 heterocycles. The molecule has 17 heavy (non-hydrogen) atoms. The van der Waals surface area contributed by atoms with Gasteiger partial charge in [0.2, 0.25) is 0 Å². The summed E-state index contributed by atoms with van der Waals surface area (Å²) in [5, 5.41) is 5.00. The van der Waals surface area contributed by atoms with E-state index >= 15 is 0 Å². The maximum atomic E-state index is 3.44. The highest BCUT2D eigenvalue weighted by molar-refractivity contribution is 6.56. The SMILES string of the molecule is c1ccc2c(c1)C[Si]c1cc3c(cc1-2)CNC3. The molecule has 0 aromatic heterocycles. The van der Waals surface area contributed by atoms with Crippen molar-refractivity contribution in [2.75, 3.05) is 0 Å². The Kier molecular flexibility index (Phi) is 2.01. The molecule has 0 amide bonds. The number of nitrogens with one attached hydrogen (secondary N) is 1. The van der Waals surface area contributed by atoms with E-state index in [1.807, 2.05) is 0 Å². The van der Waals surface area contributed by atoms with Crippen LogP contribution in [0.3, 0.4) is 0 Å². The molecule has 2 aromatic rings. The lowest BCUT2D eigenvalue weighted by molar-refractivity contribution is 0.765. The fourth-order valence-corrected chi connectivity index (χ4v) is 4.21. The Morgan fingerprint density at radius 1 is 0.882 bits per heavy atom. The van der Waals surface area contributed by atoms with Gasteiger partial charge in [0.25, 0.3) is 0 Å². The van der Waals surface area contributed by atoms with E-state index in [4.69, 9.17) is 0 Å². The van der Waals surface area contributed by atoms with Gasteiger partial charge in [0, 0.05) is 13.1 Å². The molecule has 1 N–H and O–H groups in total. The van der Waals surface area contributed by atoms with Gasteiger partial charge in [-0.25, -0.2) is 0 Å². The van der Waals surface area contributed by atoms with E-state index in [-0.39, 0.29) is 0 Å². The Balaban J connectivity index is 1.98. The van der Waals surface area contributed by atoms with Crippen molar-refractivity contribution in [3.8, 4) is 11.1 Å². The third-order valence-electron chi connectivity index (χ3n) is 3.75. The monoisotopic (exact) mass is 235 g/mol. The van der Waals surface area contributed by atoms with Gasteiger partial charge in [-0.05, 0) is 39.9 Å². The highest BCUT2D eigenvalue weighted by atomic mass is 28.2. The topological polar surface area (TPSA) is 12.0 Å². The molecule has 2 aliphatic rings. The van der Waals surface area contributed by atoms with Gasteiger partial charge >= 0.3 is 0 Å². The fourth-order valence-electron chi connectivity index (χ4n) is 2.85. The predicted molar refractivity (Wildman–Crippen MR) is 71.5 cm³/mol. The van der Waals surface area contributed by atoms with Crippen molar-refractivity contribution in [3.05, 3.63) is 53.1 Å². The van der Waals surface area contributed by atoms with Crippen molar-refractivity contribution in [1.82, 2.24) is 5.32 Å². The lowest BCUT2D eigenvalue weighted by Gasteiger charge is -2.20. The van der Waals surface area contributed by atoms with Gasteiger partial charge in [0.1, 0.15) is 0 Å². The van der Waals surface area contributed by atoms with Gasteiger partial charge < -0.3 is 5.32 Å². The van der Waals surface area contributed by atoms with Gasteiger partial charge in [-0.2, -0.15) is 0 Å². The third kappa shape index (κ3) is 1.41. The fraction of sp³-hybridized carbons (Fsp3) is 0.200. The van der Waals surface area contributed by atoms with Crippen LogP contribution in [0.15, 0.2) is 36.4 Å². The Bertz CT molecular complexity index is 604. The summed E-state index contributed by atoms with van der Waals surface area (Å²) >= 11 is 0. The van der Waals surface area contributed by atoms with Gasteiger partial charge in [-0.3, -0.25) is 0 Å². The van der Waals surface area contributed by atoms with E-state index in [1.165, 1.54) is 33.9 Å². The van der Waals surface area contributed by atoms with Crippen LogP contribution in [0.25, 0.3) is 11.1 Å². The van der Waals surface area contributed by atoms with Crippen molar-refractivity contribution in [2.24, 2.45) is 0 Å².